The highest BCUT2D eigenvalue weighted by atomic mass is 79.9. The monoisotopic (exact) mass is 545 g/mol. The summed E-state index contributed by atoms with van der Waals surface area (Å²) < 4.78 is 20.8. The minimum atomic E-state index is -0.306. The van der Waals surface area contributed by atoms with E-state index in [0.29, 0.717) is 34.0 Å². The van der Waals surface area contributed by atoms with Crippen molar-refractivity contribution in [2.45, 2.75) is 26.0 Å². The number of hydrogen-bond acceptors (Lipinski definition) is 5. The number of amides is 1. The first-order valence-electron chi connectivity index (χ1n) is 10.5. The van der Waals surface area contributed by atoms with Gasteiger partial charge in [-0.05, 0) is 30.7 Å². The lowest BCUT2D eigenvalue weighted by Gasteiger charge is -2.21. The van der Waals surface area contributed by atoms with Gasteiger partial charge in [-0.2, -0.15) is 5.10 Å². The van der Waals surface area contributed by atoms with Crippen LogP contribution < -0.4 is 10.6 Å². The maximum atomic E-state index is 13.4. The van der Waals surface area contributed by atoms with E-state index in [9.17, 15) is 9.18 Å². The molecule has 2 N–H and O–H groups in total. The number of aromatic nitrogens is 3. The molecular weight excluding hydrogens is 525 g/mol. The molecule has 0 saturated heterocycles. The average Bonchev–Trinajstić information content (AvgIpc) is 3.13. The fourth-order valence-electron chi connectivity index (χ4n) is 3.56. The van der Waals surface area contributed by atoms with Gasteiger partial charge in [0.25, 0.3) is 0 Å². The molecular formula is C24H22BrClFN5O2. The fraction of sp³-hybridized carbons (Fsp3) is 0.208. The van der Waals surface area contributed by atoms with Gasteiger partial charge in [-0.3, -0.25) is 4.79 Å². The quantitative estimate of drug-likeness (QED) is 0.289. The van der Waals surface area contributed by atoms with Gasteiger partial charge in [0.05, 0.1) is 23.0 Å². The van der Waals surface area contributed by atoms with Gasteiger partial charge < -0.3 is 15.4 Å². The van der Waals surface area contributed by atoms with Crippen molar-refractivity contribution in [2.24, 2.45) is 0 Å². The zero-order valence-corrected chi connectivity index (χ0v) is 20.6. The highest BCUT2D eigenvalue weighted by Crippen LogP contribution is 2.30. The van der Waals surface area contributed by atoms with E-state index in [4.69, 9.17) is 16.3 Å². The van der Waals surface area contributed by atoms with Gasteiger partial charge >= 0.3 is 0 Å². The van der Waals surface area contributed by atoms with E-state index >= 15 is 0 Å². The van der Waals surface area contributed by atoms with E-state index < -0.39 is 0 Å². The van der Waals surface area contributed by atoms with Gasteiger partial charge in [0, 0.05) is 23.4 Å². The number of rotatable bonds is 8. The average molecular weight is 547 g/mol. The largest absolute Gasteiger partial charge is 0.488 e. The number of aryl methyl sites for hydroxylation is 1. The van der Waals surface area contributed by atoms with Crippen molar-refractivity contribution in [3.63, 3.8) is 0 Å². The van der Waals surface area contributed by atoms with E-state index in [0.717, 1.165) is 16.6 Å². The van der Waals surface area contributed by atoms with Crippen LogP contribution in [0.5, 0.6) is 0 Å². The van der Waals surface area contributed by atoms with Crippen LogP contribution in [0, 0.1) is 12.7 Å². The SMILES string of the molecule is Cc1c(NC(=O)/C=C/CBr)cn2ncnc(NC3C=CC(OCc4cccc(F)c4)=C(Cl)C3)c12. The first-order chi connectivity index (χ1) is 16.4. The molecule has 1 amide bonds. The zero-order valence-electron chi connectivity index (χ0n) is 18.3. The van der Waals surface area contributed by atoms with E-state index in [1.807, 2.05) is 13.0 Å². The summed E-state index contributed by atoms with van der Waals surface area (Å²) in [5.41, 5.74) is 2.97. The summed E-state index contributed by atoms with van der Waals surface area (Å²) in [7, 11) is 0. The van der Waals surface area contributed by atoms with Crippen molar-refractivity contribution in [1.82, 2.24) is 14.6 Å². The van der Waals surface area contributed by atoms with Crippen molar-refractivity contribution in [3.05, 3.63) is 88.8 Å². The number of ether oxygens (including phenoxy) is 1. The van der Waals surface area contributed by atoms with Gasteiger partial charge in [-0.25, -0.2) is 13.9 Å². The van der Waals surface area contributed by atoms with Gasteiger partial charge in [0.15, 0.2) is 5.82 Å². The molecule has 0 saturated carbocycles. The normalized spacial score (nSPS) is 15.8. The van der Waals surface area contributed by atoms with Gasteiger partial charge in [0.2, 0.25) is 5.91 Å². The van der Waals surface area contributed by atoms with Crippen LogP contribution in [-0.4, -0.2) is 31.9 Å². The molecule has 0 aliphatic heterocycles. The lowest BCUT2D eigenvalue weighted by atomic mass is 10.1. The molecule has 7 nitrogen and oxygen atoms in total. The van der Waals surface area contributed by atoms with E-state index in [2.05, 4.69) is 36.6 Å². The standard InChI is InChI=1S/C24H22BrClFN5O2/c1-15-20(31-22(33)6-3-9-25)12-32-23(15)24(28-14-29-32)30-18-7-8-21(19(26)11-18)34-13-16-4-2-5-17(27)10-16/h2-8,10,12,14,18H,9,11,13H2,1H3,(H,31,33)(H,28,29,30)/b6-3+. The third-order valence-electron chi connectivity index (χ3n) is 5.19. The Morgan fingerprint density at radius 3 is 3.06 bits per heavy atom. The van der Waals surface area contributed by atoms with Crippen LogP contribution in [0.1, 0.15) is 17.5 Å². The molecule has 0 bridgehead atoms. The molecule has 1 unspecified atom stereocenters. The number of carbonyl (C=O) groups excluding carboxylic acids is 1. The molecule has 1 aromatic carbocycles. The second kappa shape index (κ2) is 10.8. The van der Waals surface area contributed by atoms with Crippen LogP contribution in [0.3, 0.4) is 0 Å². The van der Waals surface area contributed by atoms with Crippen molar-refractivity contribution in [1.29, 1.82) is 0 Å². The highest BCUT2D eigenvalue weighted by Gasteiger charge is 2.20. The van der Waals surface area contributed by atoms with Gasteiger partial charge in [-0.1, -0.05) is 51.8 Å². The number of anilines is 2. The van der Waals surface area contributed by atoms with E-state index in [1.54, 1.807) is 35.0 Å². The first-order valence-corrected chi connectivity index (χ1v) is 12.0. The molecule has 10 heteroatoms. The van der Waals surface area contributed by atoms with Crippen molar-refractivity contribution in [3.8, 4) is 0 Å². The van der Waals surface area contributed by atoms with Crippen molar-refractivity contribution in [2.75, 3.05) is 16.0 Å². The first kappa shape index (κ1) is 24.0. The van der Waals surface area contributed by atoms with Crippen LogP contribution in [0.4, 0.5) is 15.9 Å². The minimum Gasteiger partial charge on any atom is -0.488 e. The van der Waals surface area contributed by atoms with Crippen LogP contribution in [0.15, 0.2) is 71.9 Å². The number of nitrogens with one attached hydrogen (secondary N) is 2. The molecule has 0 radical (unpaired) electrons. The number of hydrogen-bond donors (Lipinski definition) is 2. The second-order valence-corrected chi connectivity index (χ2v) is 8.72. The molecule has 0 fully saturated rings. The number of alkyl halides is 1. The molecule has 0 spiro atoms. The zero-order chi connectivity index (χ0) is 24.1. The Labute approximate surface area is 209 Å². The molecule has 34 heavy (non-hydrogen) atoms. The number of benzene rings is 1. The Kier molecular flexibility index (Phi) is 7.64. The molecule has 1 atom stereocenters. The number of fused-ring (bicyclic) bond motifs is 1. The van der Waals surface area contributed by atoms with Crippen LogP contribution in [0.2, 0.25) is 0 Å². The maximum Gasteiger partial charge on any atom is 0.248 e. The molecule has 1 aliphatic carbocycles. The summed E-state index contributed by atoms with van der Waals surface area (Å²) in [6, 6.07) is 6.14. The molecule has 2 heterocycles. The lowest BCUT2D eigenvalue weighted by Crippen LogP contribution is -2.21. The molecule has 2 aromatic heterocycles. The third-order valence-corrected chi connectivity index (χ3v) is 5.91. The lowest BCUT2D eigenvalue weighted by molar-refractivity contribution is -0.111. The summed E-state index contributed by atoms with van der Waals surface area (Å²) in [6.45, 7) is 2.12. The summed E-state index contributed by atoms with van der Waals surface area (Å²) in [5.74, 6) is 0.642. The number of allylic oxidation sites excluding steroid dienone is 2. The predicted octanol–water partition coefficient (Wildman–Crippen LogP) is 5.47. The smallest absolute Gasteiger partial charge is 0.248 e. The third kappa shape index (κ3) is 5.66. The van der Waals surface area contributed by atoms with Crippen LogP contribution >= 0.6 is 27.5 Å². The Bertz CT molecular complexity index is 1300. The summed E-state index contributed by atoms with van der Waals surface area (Å²) in [4.78, 5) is 16.5. The number of halogens is 3. The van der Waals surface area contributed by atoms with Crippen LogP contribution in [-0.2, 0) is 16.1 Å². The highest BCUT2D eigenvalue weighted by molar-refractivity contribution is 9.09. The summed E-state index contributed by atoms with van der Waals surface area (Å²) in [6.07, 6.45) is 10.6. The molecule has 3 aromatic rings. The number of carbonyl (C=O) groups is 1. The van der Waals surface area contributed by atoms with Crippen molar-refractivity contribution >= 4 is 50.5 Å². The molecule has 1 aliphatic rings. The number of nitrogens with zero attached hydrogens (tertiary/aromatic N) is 3. The predicted molar refractivity (Wildman–Crippen MR) is 135 cm³/mol. The van der Waals surface area contributed by atoms with Crippen LogP contribution in [0.25, 0.3) is 5.52 Å². The Hall–Kier alpha value is -3.17. The summed E-state index contributed by atoms with van der Waals surface area (Å²) in [5, 5.41) is 11.7. The van der Waals surface area contributed by atoms with Gasteiger partial charge in [0.1, 0.15) is 30.0 Å². The summed E-state index contributed by atoms with van der Waals surface area (Å²) >= 11 is 9.74. The Morgan fingerprint density at radius 1 is 1.44 bits per heavy atom. The Balaban J connectivity index is 1.45. The topological polar surface area (TPSA) is 80.6 Å². The molecule has 4 rings (SSSR count). The molecule has 176 valence electrons. The van der Waals surface area contributed by atoms with E-state index in [1.165, 1.54) is 24.5 Å². The maximum absolute atomic E-state index is 13.4. The van der Waals surface area contributed by atoms with Gasteiger partial charge in [-0.15, -0.1) is 0 Å². The minimum absolute atomic E-state index is 0.123. The van der Waals surface area contributed by atoms with Crippen molar-refractivity contribution < 1.29 is 13.9 Å². The van der Waals surface area contributed by atoms with E-state index in [-0.39, 0.29) is 24.4 Å². The second-order valence-electron chi connectivity index (χ2n) is 7.62. The fourth-order valence-corrected chi connectivity index (χ4v) is 4.03. The Morgan fingerprint density at radius 2 is 2.29 bits per heavy atom.